The minimum atomic E-state index is -4.30. The zero-order valence-electron chi connectivity index (χ0n) is 32.4. The van der Waals surface area contributed by atoms with Crippen LogP contribution in [0.5, 0.6) is 0 Å². The third kappa shape index (κ3) is 37.8. The van der Waals surface area contributed by atoms with Crippen LogP contribution in [0.4, 0.5) is 0 Å². The Morgan fingerprint density at radius 2 is 1.08 bits per heavy atom. The van der Waals surface area contributed by atoms with E-state index in [0.717, 1.165) is 25.7 Å². The monoisotopic (exact) mass is 728 g/mol. The first-order valence-corrected chi connectivity index (χ1v) is 22.0. The maximum Gasteiger partial charge on any atom is 0.472 e. The van der Waals surface area contributed by atoms with E-state index in [-0.39, 0.29) is 32.8 Å². The second kappa shape index (κ2) is 38.8. The number of phosphoric acid groups is 1. The van der Waals surface area contributed by atoms with Gasteiger partial charge in [-0.05, 0) is 44.6 Å². The lowest BCUT2D eigenvalue weighted by molar-refractivity contribution is -0.153. The highest BCUT2D eigenvalue weighted by Gasteiger charge is 2.25. The molecule has 0 amide bonds. The Kier molecular flexibility index (Phi) is 37.7. The summed E-state index contributed by atoms with van der Waals surface area (Å²) in [5.41, 5.74) is 5.35. The van der Waals surface area contributed by atoms with E-state index in [9.17, 15) is 14.3 Å². The van der Waals surface area contributed by atoms with Gasteiger partial charge in [-0.2, -0.15) is 0 Å². The van der Waals surface area contributed by atoms with Crippen molar-refractivity contribution in [1.29, 1.82) is 0 Å². The molecule has 50 heavy (non-hydrogen) atoms. The Labute approximate surface area is 308 Å². The molecular formula is C41H78NO7P. The van der Waals surface area contributed by atoms with Crippen molar-refractivity contribution < 1.29 is 32.8 Å². The predicted molar refractivity (Wildman–Crippen MR) is 210 cm³/mol. The Hall–Kier alpha value is -1.44. The van der Waals surface area contributed by atoms with Crippen molar-refractivity contribution in [2.75, 3.05) is 26.4 Å². The van der Waals surface area contributed by atoms with Gasteiger partial charge in [-0.15, -0.1) is 0 Å². The fourth-order valence-electron chi connectivity index (χ4n) is 5.60. The Morgan fingerprint density at radius 1 is 0.620 bits per heavy atom. The SMILES string of the molecule is CCCCCCCCCCCCC=CCC=CCCC(=O)OC(COC=CCCCCCCCCCCCCCC)COP(=O)(O)OCCN. The average molecular weight is 728 g/mol. The van der Waals surface area contributed by atoms with Crippen molar-refractivity contribution in [3.8, 4) is 0 Å². The number of esters is 1. The molecule has 3 N–H and O–H groups in total. The van der Waals surface area contributed by atoms with E-state index in [1.54, 1.807) is 6.26 Å². The van der Waals surface area contributed by atoms with Gasteiger partial charge in [-0.25, -0.2) is 4.57 Å². The number of carbonyl (C=O) groups is 1. The van der Waals surface area contributed by atoms with Crippen molar-refractivity contribution in [2.24, 2.45) is 5.73 Å². The lowest BCUT2D eigenvalue weighted by Crippen LogP contribution is -2.27. The molecule has 0 heterocycles. The first-order valence-electron chi connectivity index (χ1n) is 20.5. The third-order valence-electron chi connectivity index (χ3n) is 8.64. The molecule has 0 aliphatic heterocycles. The van der Waals surface area contributed by atoms with Crippen LogP contribution in [0.3, 0.4) is 0 Å². The fourth-order valence-corrected chi connectivity index (χ4v) is 6.37. The maximum absolute atomic E-state index is 12.5. The van der Waals surface area contributed by atoms with Gasteiger partial charge in [-0.3, -0.25) is 13.8 Å². The normalized spacial score (nSPS) is 13.8. The highest BCUT2D eigenvalue weighted by Crippen LogP contribution is 2.43. The van der Waals surface area contributed by atoms with Gasteiger partial charge in [0.05, 0.1) is 19.5 Å². The Morgan fingerprint density at radius 3 is 1.58 bits per heavy atom. The van der Waals surface area contributed by atoms with Gasteiger partial charge >= 0.3 is 13.8 Å². The number of carbonyl (C=O) groups excluding carboxylic acids is 1. The molecule has 0 radical (unpaired) electrons. The van der Waals surface area contributed by atoms with E-state index < -0.39 is 19.9 Å². The highest BCUT2D eigenvalue weighted by molar-refractivity contribution is 7.47. The van der Waals surface area contributed by atoms with Crippen molar-refractivity contribution in [1.82, 2.24) is 0 Å². The zero-order chi connectivity index (χ0) is 36.6. The van der Waals surface area contributed by atoms with Crippen LogP contribution in [0.15, 0.2) is 36.6 Å². The molecule has 0 aromatic rings. The van der Waals surface area contributed by atoms with Crippen LogP contribution < -0.4 is 5.73 Å². The summed E-state index contributed by atoms with van der Waals surface area (Å²) in [6, 6.07) is 0. The standard InChI is InChI=1S/C41H78NO7P/c1-3-5-7-9-11-13-15-17-19-20-21-22-24-26-28-30-32-34-41(43)49-40(39-48-50(44,45)47-37-35-42)38-46-36-33-31-29-27-25-23-18-16-14-12-10-8-6-4-2/h22,24,28,30,33,36,40H,3-21,23,25-27,29,31-32,34-35,37-39,42H2,1-2H3,(H,44,45). The molecular weight excluding hydrogens is 649 g/mol. The quantitative estimate of drug-likeness (QED) is 0.0211. The molecule has 0 aliphatic rings. The maximum atomic E-state index is 12.5. The molecule has 0 rings (SSSR count). The second-order valence-corrected chi connectivity index (χ2v) is 15.0. The highest BCUT2D eigenvalue weighted by atomic mass is 31.2. The van der Waals surface area contributed by atoms with Crippen molar-refractivity contribution in [3.05, 3.63) is 36.6 Å². The first-order chi connectivity index (χ1) is 24.4. The number of hydrogen-bond acceptors (Lipinski definition) is 7. The fraction of sp³-hybridized carbons (Fsp3) is 0.829. The predicted octanol–water partition coefficient (Wildman–Crippen LogP) is 12.2. The van der Waals surface area contributed by atoms with Crippen molar-refractivity contribution in [2.45, 2.75) is 193 Å². The smallest absolute Gasteiger partial charge is 0.472 e. The van der Waals surface area contributed by atoms with Gasteiger partial charge in [0, 0.05) is 13.0 Å². The van der Waals surface area contributed by atoms with E-state index in [2.05, 4.69) is 32.1 Å². The van der Waals surface area contributed by atoms with Crippen molar-refractivity contribution >= 4 is 13.8 Å². The summed E-state index contributed by atoms with van der Waals surface area (Å²) in [7, 11) is -4.30. The third-order valence-corrected chi connectivity index (χ3v) is 9.62. The van der Waals surface area contributed by atoms with Gasteiger partial charge in [0.2, 0.25) is 0 Å². The summed E-state index contributed by atoms with van der Waals surface area (Å²) in [5.74, 6) is -0.417. The van der Waals surface area contributed by atoms with Crippen LogP contribution in [-0.4, -0.2) is 43.3 Å². The number of allylic oxidation sites excluding steroid dienone is 5. The van der Waals surface area contributed by atoms with E-state index in [1.165, 1.54) is 135 Å². The molecule has 2 unspecified atom stereocenters. The molecule has 0 aromatic carbocycles. The summed E-state index contributed by atoms with van der Waals surface area (Å²) in [6.45, 7) is 4.18. The summed E-state index contributed by atoms with van der Waals surface area (Å²) in [6.07, 6.45) is 44.1. The van der Waals surface area contributed by atoms with Crippen LogP contribution in [-0.2, 0) is 27.9 Å². The molecule has 0 fully saturated rings. The van der Waals surface area contributed by atoms with Gasteiger partial charge in [0.1, 0.15) is 6.61 Å². The van der Waals surface area contributed by atoms with Gasteiger partial charge in [0.15, 0.2) is 6.10 Å². The minimum absolute atomic E-state index is 0.0112. The Bertz CT molecular complexity index is 864. The number of nitrogens with two attached hydrogens (primary N) is 1. The number of ether oxygens (including phenoxy) is 2. The summed E-state index contributed by atoms with van der Waals surface area (Å²) in [4.78, 5) is 22.4. The van der Waals surface area contributed by atoms with E-state index >= 15 is 0 Å². The zero-order valence-corrected chi connectivity index (χ0v) is 33.3. The van der Waals surface area contributed by atoms with E-state index in [1.807, 2.05) is 12.2 Å². The van der Waals surface area contributed by atoms with Gasteiger partial charge in [0.25, 0.3) is 0 Å². The van der Waals surface area contributed by atoms with Crippen LogP contribution in [0.1, 0.15) is 187 Å². The summed E-state index contributed by atoms with van der Waals surface area (Å²) in [5, 5.41) is 0. The van der Waals surface area contributed by atoms with Crippen LogP contribution in [0.25, 0.3) is 0 Å². The van der Waals surface area contributed by atoms with Gasteiger partial charge in [-0.1, -0.05) is 167 Å². The topological polar surface area (TPSA) is 117 Å². The average Bonchev–Trinajstić information content (AvgIpc) is 3.10. The number of unbranched alkanes of at least 4 members (excludes halogenated alkanes) is 22. The molecule has 9 heteroatoms. The lowest BCUT2D eigenvalue weighted by atomic mass is 10.0. The molecule has 8 nitrogen and oxygen atoms in total. The number of hydrogen-bond donors (Lipinski definition) is 2. The van der Waals surface area contributed by atoms with Crippen LogP contribution in [0, 0.1) is 0 Å². The summed E-state index contributed by atoms with van der Waals surface area (Å²) < 4.78 is 33.0. The molecule has 0 saturated carbocycles. The molecule has 0 bridgehead atoms. The molecule has 0 saturated heterocycles. The lowest BCUT2D eigenvalue weighted by Gasteiger charge is -2.19. The van der Waals surface area contributed by atoms with Gasteiger partial charge < -0.3 is 20.1 Å². The molecule has 0 aromatic heterocycles. The van der Waals surface area contributed by atoms with E-state index in [4.69, 9.17) is 24.3 Å². The second-order valence-electron chi connectivity index (χ2n) is 13.6. The van der Waals surface area contributed by atoms with E-state index in [0.29, 0.717) is 6.42 Å². The minimum Gasteiger partial charge on any atom is -0.498 e. The number of rotatable bonds is 39. The largest absolute Gasteiger partial charge is 0.498 e. The Balaban J connectivity index is 4.18. The molecule has 294 valence electrons. The first kappa shape index (κ1) is 48.6. The summed E-state index contributed by atoms with van der Waals surface area (Å²) >= 11 is 0. The molecule has 0 aliphatic carbocycles. The number of phosphoric ester groups is 1. The molecule has 2 atom stereocenters. The van der Waals surface area contributed by atoms with Crippen molar-refractivity contribution in [3.63, 3.8) is 0 Å². The van der Waals surface area contributed by atoms with Crippen LogP contribution in [0.2, 0.25) is 0 Å². The molecule has 0 spiro atoms. The van der Waals surface area contributed by atoms with Crippen LogP contribution >= 0.6 is 7.82 Å².